The molecule has 1 heterocycles. The largest absolute Gasteiger partial charge is 0.452 e. The van der Waals surface area contributed by atoms with Crippen molar-refractivity contribution >= 4 is 48.9 Å². The molecule has 0 spiro atoms. The molecule has 13 heteroatoms. The summed E-state index contributed by atoms with van der Waals surface area (Å²) in [5, 5.41) is 9.07. The maximum atomic E-state index is 12.1. The SMILES string of the molecule is C[C@@H](OC(=O)CCNS(=O)(=O)c1cccs1)C(=O)Nc1ccc(S(N)(=O)=O)cc1. The van der Waals surface area contributed by atoms with Gasteiger partial charge in [0.1, 0.15) is 4.21 Å². The molecule has 0 radical (unpaired) electrons. The third kappa shape index (κ3) is 6.90. The summed E-state index contributed by atoms with van der Waals surface area (Å²) in [4.78, 5) is 23.8. The van der Waals surface area contributed by atoms with Gasteiger partial charge in [-0.05, 0) is 42.6 Å². The number of primary sulfonamides is 1. The molecule has 0 aliphatic rings. The van der Waals surface area contributed by atoms with Crippen LogP contribution in [-0.4, -0.2) is 41.4 Å². The zero-order valence-electron chi connectivity index (χ0n) is 15.2. The Morgan fingerprint density at radius 2 is 1.79 bits per heavy atom. The maximum absolute atomic E-state index is 12.1. The van der Waals surface area contributed by atoms with Gasteiger partial charge in [-0.2, -0.15) is 0 Å². The van der Waals surface area contributed by atoms with E-state index in [1.807, 2.05) is 0 Å². The van der Waals surface area contributed by atoms with Crippen LogP contribution in [0, 0.1) is 0 Å². The third-order valence-electron chi connectivity index (χ3n) is 3.51. The number of esters is 1. The fourth-order valence-electron chi connectivity index (χ4n) is 2.06. The van der Waals surface area contributed by atoms with Crippen LogP contribution in [0.1, 0.15) is 13.3 Å². The molecule has 1 atom stereocenters. The van der Waals surface area contributed by atoms with E-state index in [-0.39, 0.29) is 27.8 Å². The molecular weight excluding hydrogens is 442 g/mol. The Balaban J connectivity index is 1.80. The number of sulfonamides is 2. The van der Waals surface area contributed by atoms with Gasteiger partial charge in [0.25, 0.3) is 5.91 Å². The molecule has 1 amide bonds. The maximum Gasteiger partial charge on any atom is 0.307 e. The second-order valence-electron chi connectivity index (χ2n) is 5.77. The Bertz CT molecular complexity index is 1060. The Labute approximate surface area is 172 Å². The number of thiophene rings is 1. The predicted octanol–water partition coefficient (Wildman–Crippen LogP) is 0.634. The molecule has 2 rings (SSSR count). The Morgan fingerprint density at radius 3 is 2.34 bits per heavy atom. The van der Waals surface area contributed by atoms with Crippen molar-refractivity contribution in [1.82, 2.24) is 4.72 Å². The Hall–Kier alpha value is -2.32. The van der Waals surface area contributed by atoms with Gasteiger partial charge in [-0.3, -0.25) is 9.59 Å². The van der Waals surface area contributed by atoms with Gasteiger partial charge in [-0.1, -0.05) is 6.07 Å². The summed E-state index contributed by atoms with van der Waals surface area (Å²) < 4.78 is 53.6. The minimum atomic E-state index is -3.84. The van der Waals surface area contributed by atoms with Crippen LogP contribution in [0.25, 0.3) is 0 Å². The van der Waals surface area contributed by atoms with Crippen molar-refractivity contribution in [3.63, 3.8) is 0 Å². The van der Waals surface area contributed by atoms with Gasteiger partial charge >= 0.3 is 5.97 Å². The van der Waals surface area contributed by atoms with E-state index >= 15 is 0 Å². The Kier molecular flexibility index (Phi) is 7.48. The molecule has 0 aliphatic carbocycles. The normalized spacial score (nSPS) is 12.9. The molecule has 2 aromatic rings. The van der Waals surface area contributed by atoms with E-state index in [9.17, 15) is 26.4 Å². The second-order valence-corrected chi connectivity index (χ2v) is 10.3. The van der Waals surface area contributed by atoms with E-state index in [0.29, 0.717) is 0 Å². The third-order valence-corrected chi connectivity index (χ3v) is 7.30. The minimum absolute atomic E-state index is 0.111. The zero-order chi connectivity index (χ0) is 21.7. The number of benzene rings is 1. The lowest BCUT2D eigenvalue weighted by atomic mass is 10.3. The van der Waals surface area contributed by atoms with Crippen LogP contribution in [0.4, 0.5) is 5.69 Å². The minimum Gasteiger partial charge on any atom is -0.452 e. The summed E-state index contributed by atoms with van der Waals surface area (Å²) in [6.45, 7) is 1.17. The molecule has 1 aromatic heterocycles. The zero-order valence-corrected chi connectivity index (χ0v) is 17.6. The number of rotatable bonds is 9. The second kappa shape index (κ2) is 9.45. The summed E-state index contributed by atoms with van der Waals surface area (Å²) in [5.74, 6) is -1.40. The highest BCUT2D eigenvalue weighted by molar-refractivity contribution is 7.91. The van der Waals surface area contributed by atoms with Crippen LogP contribution < -0.4 is 15.2 Å². The van der Waals surface area contributed by atoms with E-state index in [2.05, 4.69) is 10.0 Å². The van der Waals surface area contributed by atoms with Crippen molar-refractivity contribution in [2.45, 2.75) is 28.6 Å². The molecule has 29 heavy (non-hydrogen) atoms. The Morgan fingerprint density at radius 1 is 1.14 bits per heavy atom. The quantitative estimate of drug-likeness (QED) is 0.461. The summed E-state index contributed by atoms with van der Waals surface area (Å²) in [5.41, 5.74) is 0.286. The molecule has 10 nitrogen and oxygen atoms in total. The highest BCUT2D eigenvalue weighted by Crippen LogP contribution is 2.15. The van der Waals surface area contributed by atoms with Crippen molar-refractivity contribution in [3.05, 3.63) is 41.8 Å². The summed E-state index contributed by atoms with van der Waals surface area (Å²) in [7, 11) is -7.53. The molecule has 0 saturated carbocycles. The number of nitrogens with two attached hydrogens (primary N) is 1. The molecule has 158 valence electrons. The van der Waals surface area contributed by atoms with Crippen LogP contribution in [0.2, 0.25) is 0 Å². The topological polar surface area (TPSA) is 162 Å². The van der Waals surface area contributed by atoms with Gasteiger partial charge in [0.15, 0.2) is 6.10 Å². The number of carbonyl (C=O) groups excluding carboxylic acids is 2. The molecule has 4 N–H and O–H groups in total. The van der Waals surface area contributed by atoms with Crippen molar-refractivity contribution in [2.75, 3.05) is 11.9 Å². The van der Waals surface area contributed by atoms with Gasteiger partial charge < -0.3 is 10.1 Å². The van der Waals surface area contributed by atoms with Gasteiger partial charge in [0, 0.05) is 12.2 Å². The monoisotopic (exact) mass is 461 g/mol. The summed E-state index contributed by atoms with van der Waals surface area (Å²) >= 11 is 1.05. The van der Waals surface area contributed by atoms with E-state index in [1.165, 1.54) is 37.3 Å². The molecule has 1 aromatic carbocycles. The fraction of sp³-hybridized carbons (Fsp3) is 0.250. The van der Waals surface area contributed by atoms with Gasteiger partial charge in [-0.25, -0.2) is 26.7 Å². The van der Waals surface area contributed by atoms with Gasteiger partial charge in [0.05, 0.1) is 11.3 Å². The average Bonchev–Trinajstić information content (AvgIpc) is 3.16. The van der Waals surface area contributed by atoms with E-state index < -0.39 is 38.0 Å². The van der Waals surface area contributed by atoms with E-state index in [0.717, 1.165) is 11.3 Å². The van der Waals surface area contributed by atoms with Crippen molar-refractivity contribution in [1.29, 1.82) is 0 Å². The van der Waals surface area contributed by atoms with Crippen LogP contribution in [-0.2, 0) is 34.4 Å². The molecule has 0 bridgehead atoms. The van der Waals surface area contributed by atoms with Crippen molar-refractivity contribution < 1.29 is 31.2 Å². The molecule has 0 saturated heterocycles. The number of anilines is 1. The molecule has 0 aliphatic heterocycles. The highest BCUT2D eigenvalue weighted by Gasteiger charge is 2.20. The molecule has 0 unspecified atom stereocenters. The first-order valence-corrected chi connectivity index (χ1v) is 12.1. The number of hydrogen-bond acceptors (Lipinski definition) is 8. The fourth-order valence-corrected chi connectivity index (χ4v) is 4.64. The lowest BCUT2D eigenvalue weighted by molar-refractivity contribution is -0.152. The first-order chi connectivity index (χ1) is 13.5. The molecule has 0 fully saturated rings. The lowest BCUT2D eigenvalue weighted by Gasteiger charge is -2.14. The highest BCUT2D eigenvalue weighted by atomic mass is 32.2. The van der Waals surface area contributed by atoms with Crippen molar-refractivity contribution in [2.24, 2.45) is 5.14 Å². The first-order valence-electron chi connectivity index (χ1n) is 8.15. The standard InChI is InChI=1S/C16H19N3O7S3/c1-11(16(21)19-12-4-6-13(7-5-12)28(17,22)23)26-14(20)8-9-18-29(24,25)15-3-2-10-27-15/h2-7,10-11,18H,8-9H2,1H3,(H,19,21)(H2,17,22,23)/t11-/m1/s1. The average molecular weight is 462 g/mol. The van der Waals surface area contributed by atoms with Crippen LogP contribution >= 0.6 is 11.3 Å². The number of hydrogen-bond donors (Lipinski definition) is 3. The molecular formula is C16H19N3O7S3. The van der Waals surface area contributed by atoms with Crippen molar-refractivity contribution in [3.8, 4) is 0 Å². The summed E-state index contributed by atoms with van der Waals surface area (Å²) in [6, 6.07) is 8.16. The van der Waals surface area contributed by atoms with Gasteiger partial charge in [0.2, 0.25) is 20.0 Å². The first kappa shape index (κ1) is 23.0. The van der Waals surface area contributed by atoms with E-state index in [1.54, 1.807) is 11.4 Å². The van der Waals surface area contributed by atoms with E-state index in [4.69, 9.17) is 9.88 Å². The van der Waals surface area contributed by atoms with Crippen LogP contribution in [0.3, 0.4) is 0 Å². The number of amides is 1. The smallest absolute Gasteiger partial charge is 0.307 e. The number of carbonyl (C=O) groups is 2. The number of ether oxygens (including phenoxy) is 1. The number of nitrogens with one attached hydrogen (secondary N) is 2. The lowest BCUT2D eigenvalue weighted by Crippen LogP contribution is -2.32. The van der Waals surface area contributed by atoms with Crippen LogP contribution in [0.15, 0.2) is 50.9 Å². The van der Waals surface area contributed by atoms with Crippen LogP contribution in [0.5, 0.6) is 0 Å². The summed E-state index contributed by atoms with van der Waals surface area (Å²) in [6.07, 6.45) is -1.40. The predicted molar refractivity (Wildman–Crippen MR) is 106 cm³/mol. The van der Waals surface area contributed by atoms with Gasteiger partial charge in [-0.15, -0.1) is 11.3 Å².